The summed E-state index contributed by atoms with van der Waals surface area (Å²) in [4.78, 5) is 39.1. The molecule has 220 valence electrons. The first-order valence-electron chi connectivity index (χ1n) is 13.7. The summed E-state index contributed by atoms with van der Waals surface area (Å²) in [6, 6.07) is 10.4. The van der Waals surface area contributed by atoms with Crippen molar-refractivity contribution in [2.75, 3.05) is 24.5 Å². The molecule has 3 heterocycles. The number of nitrogens with zero attached hydrogens (tertiary/aromatic N) is 7. The molecule has 0 aliphatic carbocycles. The Morgan fingerprint density at radius 2 is 1.76 bits per heavy atom. The predicted octanol–water partition coefficient (Wildman–Crippen LogP) is 3.67. The molecule has 3 aromatic rings. The Labute approximate surface area is 241 Å². The Morgan fingerprint density at radius 1 is 1.07 bits per heavy atom. The first-order valence-corrected chi connectivity index (χ1v) is 13.7. The molecule has 1 aliphatic rings. The second-order valence-electron chi connectivity index (χ2n) is 10.1. The number of aryl methyl sites for hydroxylation is 1. The summed E-state index contributed by atoms with van der Waals surface area (Å²) >= 11 is 0. The van der Waals surface area contributed by atoms with Gasteiger partial charge in [-0.1, -0.05) is 26.0 Å². The van der Waals surface area contributed by atoms with Crippen molar-refractivity contribution in [3.8, 4) is 12.1 Å². The zero-order valence-corrected chi connectivity index (χ0v) is 23.5. The van der Waals surface area contributed by atoms with Gasteiger partial charge in [-0.2, -0.15) is 28.7 Å². The Bertz CT molecular complexity index is 1590. The number of fused-ring (bicyclic) bond motifs is 1. The number of amides is 1. The van der Waals surface area contributed by atoms with Crippen molar-refractivity contribution in [2.45, 2.75) is 57.4 Å². The molecule has 0 spiro atoms. The number of halogens is 3. The summed E-state index contributed by atoms with van der Waals surface area (Å²) in [5.74, 6) is -0.0658. The first kappa shape index (κ1) is 30.5. The number of nitriles is 2. The van der Waals surface area contributed by atoms with Crippen molar-refractivity contribution >= 4 is 22.8 Å². The molecule has 0 bridgehead atoms. The van der Waals surface area contributed by atoms with Gasteiger partial charge in [0.1, 0.15) is 23.3 Å². The van der Waals surface area contributed by atoms with Crippen LogP contribution in [0.15, 0.2) is 41.2 Å². The van der Waals surface area contributed by atoms with Gasteiger partial charge in [0, 0.05) is 38.8 Å². The van der Waals surface area contributed by atoms with Crippen LogP contribution < -0.4 is 15.9 Å². The molecular weight excluding hydrogens is 549 g/mol. The number of benzene rings is 1. The molecular formula is C29H31F3N8O2. The quantitative estimate of drug-likeness (QED) is 0.400. The van der Waals surface area contributed by atoms with Crippen molar-refractivity contribution in [1.82, 2.24) is 24.8 Å². The second-order valence-corrected chi connectivity index (χ2v) is 10.1. The molecule has 1 N–H and O–H groups in total. The summed E-state index contributed by atoms with van der Waals surface area (Å²) < 4.78 is 41.2. The topological polar surface area (TPSA) is 131 Å². The lowest BCUT2D eigenvalue weighted by molar-refractivity contribution is -0.137. The highest BCUT2D eigenvalue weighted by molar-refractivity contribution is 5.87. The molecule has 42 heavy (non-hydrogen) atoms. The van der Waals surface area contributed by atoms with E-state index in [2.05, 4.69) is 15.3 Å². The van der Waals surface area contributed by atoms with Crippen molar-refractivity contribution < 1.29 is 18.0 Å². The van der Waals surface area contributed by atoms with E-state index in [1.807, 2.05) is 35.8 Å². The molecule has 1 aromatic carbocycles. The SMILES string of the molecule is CC[C@H]1CN(C(C(=O)NCCC#N)c2ccc(C(F)(F)F)cc2)[C@H](CC)CN1c1nc(=O)n(C)c2ccc(C#N)nc12. The molecule has 10 nitrogen and oxygen atoms in total. The minimum absolute atomic E-state index is 0.0907. The molecule has 2 aromatic heterocycles. The maximum Gasteiger partial charge on any atom is 0.416 e. The number of carbonyl (C=O) groups is 1. The zero-order valence-electron chi connectivity index (χ0n) is 23.5. The third-order valence-electron chi connectivity index (χ3n) is 7.67. The third-order valence-corrected chi connectivity index (χ3v) is 7.67. The Hall–Kier alpha value is -4.49. The van der Waals surface area contributed by atoms with E-state index in [4.69, 9.17) is 5.26 Å². The van der Waals surface area contributed by atoms with Gasteiger partial charge in [0.2, 0.25) is 5.91 Å². The molecule has 13 heteroatoms. The van der Waals surface area contributed by atoms with Crippen LogP contribution in [0.1, 0.15) is 56.0 Å². The van der Waals surface area contributed by atoms with Gasteiger partial charge < -0.3 is 10.2 Å². The van der Waals surface area contributed by atoms with E-state index >= 15 is 0 Å². The van der Waals surface area contributed by atoms with Crippen LogP contribution in [0.25, 0.3) is 11.0 Å². The lowest BCUT2D eigenvalue weighted by Crippen LogP contribution is -2.61. The minimum Gasteiger partial charge on any atom is -0.353 e. The highest BCUT2D eigenvalue weighted by Crippen LogP contribution is 2.35. The summed E-state index contributed by atoms with van der Waals surface area (Å²) in [6.45, 7) is 4.70. The van der Waals surface area contributed by atoms with E-state index in [1.165, 1.54) is 22.8 Å². The van der Waals surface area contributed by atoms with E-state index in [1.54, 1.807) is 13.1 Å². The normalized spacial score (nSPS) is 18.3. The molecule has 1 unspecified atom stereocenters. The molecule has 1 aliphatic heterocycles. The molecule has 1 fully saturated rings. The Kier molecular flexibility index (Phi) is 9.12. The zero-order chi connectivity index (χ0) is 30.6. The van der Waals surface area contributed by atoms with E-state index in [0.717, 1.165) is 12.1 Å². The van der Waals surface area contributed by atoms with Gasteiger partial charge in [-0.15, -0.1) is 0 Å². The Morgan fingerprint density at radius 3 is 2.36 bits per heavy atom. The van der Waals surface area contributed by atoms with Crippen LogP contribution in [0.2, 0.25) is 0 Å². The number of piperazine rings is 1. The van der Waals surface area contributed by atoms with Gasteiger partial charge in [0.25, 0.3) is 0 Å². The van der Waals surface area contributed by atoms with Crippen LogP contribution in [0.5, 0.6) is 0 Å². The summed E-state index contributed by atoms with van der Waals surface area (Å²) in [7, 11) is 1.58. The van der Waals surface area contributed by atoms with E-state index in [-0.39, 0.29) is 30.7 Å². The van der Waals surface area contributed by atoms with E-state index < -0.39 is 29.4 Å². The lowest BCUT2D eigenvalue weighted by Gasteiger charge is -2.49. The van der Waals surface area contributed by atoms with Crippen LogP contribution in [0.4, 0.5) is 19.0 Å². The van der Waals surface area contributed by atoms with Crippen LogP contribution in [-0.2, 0) is 18.0 Å². The van der Waals surface area contributed by atoms with Gasteiger partial charge in [0.05, 0.1) is 23.6 Å². The van der Waals surface area contributed by atoms with Crippen molar-refractivity contribution in [3.63, 3.8) is 0 Å². The standard InChI is InChI=1S/C29H31F3N8O2/c1-4-21-17-40(26-24-23(38(3)28(42)37-26)12-11-20(15-34)36-24)22(5-2)16-39(21)25(27(41)35-14-6-13-33)18-7-9-19(10-8-18)29(30,31)32/h7-12,21-22,25H,4-6,14,16-17H2,1-3H3,(H,35,41)/t21-,22+,25?/m1/s1. The van der Waals surface area contributed by atoms with Gasteiger partial charge >= 0.3 is 11.9 Å². The summed E-state index contributed by atoms with van der Waals surface area (Å²) in [6.07, 6.45) is -3.25. The van der Waals surface area contributed by atoms with E-state index in [0.29, 0.717) is 48.3 Å². The lowest BCUT2D eigenvalue weighted by atomic mass is 9.95. The largest absolute Gasteiger partial charge is 0.416 e. The molecule has 1 amide bonds. The third kappa shape index (κ3) is 6.06. The maximum absolute atomic E-state index is 13.5. The van der Waals surface area contributed by atoms with Gasteiger partial charge in [-0.05, 0) is 42.7 Å². The first-order chi connectivity index (χ1) is 20.0. The Balaban J connectivity index is 1.77. The second kappa shape index (κ2) is 12.6. The number of hydrogen-bond donors (Lipinski definition) is 1. The minimum atomic E-state index is -4.52. The number of rotatable bonds is 8. The van der Waals surface area contributed by atoms with Crippen molar-refractivity contribution in [3.05, 3.63) is 63.7 Å². The fourth-order valence-electron chi connectivity index (χ4n) is 5.42. The number of hydrogen-bond acceptors (Lipinski definition) is 8. The smallest absolute Gasteiger partial charge is 0.353 e. The fourth-order valence-corrected chi connectivity index (χ4v) is 5.42. The molecule has 1 saturated heterocycles. The summed E-state index contributed by atoms with van der Waals surface area (Å²) in [5, 5.41) is 21.2. The number of alkyl halides is 3. The number of nitrogens with one attached hydrogen (secondary N) is 1. The van der Waals surface area contributed by atoms with Crippen LogP contribution in [0, 0.1) is 22.7 Å². The number of aromatic nitrogens is 3. The van der Waals surface area contributed by atoms with E-state index in [9.17, 15) is 28.0 Å². The molecule has 0 saturated carbocycles. The summed E-state index contributed by atoms with van der Waals surface area (Å²) in [5.41, 5.74) is 0.219. The molecule has 4 rings (SSSR count). The van der Waals surface area contributed by atoms with Gasteiger partial charge in [-0.25, -0.2) is 9.78 Å². The fraction of sp³-hybridized carbons (Fsp3) is 0.448. The van der Waals surface area contributed by atoms with Crippen molar-refractivity contribution in [1.29, 1.82) is 10.5 Å². The maximum atomic E-state index is 13.5. The number of anilines is 1. The highest BCUT2D eigenvalue weighted by atomic mass is 19.4. The number of carbonyl (C=O) groups excluding carboxylic acids is 1. The average molecular weight is 581 g/mol. The van der Waals surface area contributed by atoms with Crippen LogP contribution >= 0.6 is 0 Å². The van der Waals surface area contributed by atoms with Crippen LogP contribution in [0.3, 0.4) is 0 Å². The predicted molar refractivity (Wildman–Crippen MR) is 149 cm³/mol. The van der Waals surface area contributed by atoms with Crippen LogP contribution in [-0.4, -0.2) is 57.1 Å². The van der Waals surface area contributed by atoms with Crippen molar-refractivity contribution in [2.24, 2.45) is 7.05 Å². The molecule has 0 radical (unpaired) electrons. The number of pyridine rings is 1. The average Bonchev–Trinajstić information content (AvgIpc) is 2.98. The molecule has 3 atom stereocenters. The monoisotopic (exact) mass is 580 g/mol. The van der Waals surface area contributed by atoms with Gasteiger partial charge in [0.15, 0.2) is 5.82 Å². The van der Waals surface area contributed by atoms with Gasteiger partial charge in [-0.3, -0.25) is 14.3 Å². The highest BCUT2D eigenvalue weighted by Gasteiger charge is 2.41.